The first-order chi connectivity index (χ1) is 10.1. The summed E-state index contributed by atoms with van der Waals surface area (Å²) in [5.41, 5.74) is 2.34. The van der Waals surface area contributed by atoms with Crippen molar-refractivity contribution in [2.45, 2.75) is 20.4 Å². The van der Waals surface area contributed by atoms with Crippen LogP contribution in [-0.4, -0.2) is 17.4 Å². The van der Waals surface area contributed by atoms with Crippen LogP contribution >= 0.6 is 0 Å². The Labute approximate surface area is 123 Å². The quantitative estimate of drug-likeness (QED) is 0.889. The number of carbonyl (C=O) groups excluding carboxylic acids is 1. The lowest BCUT2D eigenvalue weighted by molar-refractivity contribution is 0.0951. The van der Waals surface area contributed by atoms with E-state index < -0.39 is 5.82 Å². The molecule has 0 aliphatic rings. The van der Waals surface area contributed by atoms with E-state index in [1.54, 1.807) is 0 Å². The van der Waals surface area contributed by atoms with Crippen LogP contribution in [0.1, 0.15) is 28.4 Å². The van der Waals surface area contributed by atoms with Crippen molar-refractivity contribution in [3.63, 3.8) is 0 Å². The second kappa shape index (κ2) is 6.83. The molecule has 2 rings (SSSR count). The molecule has 1 amide bonds. The maximum absolute atomic E-state index is 13.3. The monoisotopic (exact) mass is 287 g/mol. The highest BCUT2D eigenvalue weighted by molar-refractivity contribution is 5.98. The van der Waals surface area contributed by atoms with Crippen molar-refractivity contribution < 1.29 is 9.18 Å². The molecule has 0 unspecified atom stereocenters. The molecule has 2 aromatic rings. The fourth-order valence-corrected chi connectivity index (χ4v) is 2.00. The number of nitrogens with zero attached hydrogens (tertiary/aromatic N) is 1. The number of benzene rings is 1. The highest BCUT2D eigenvalue weighted by Crippen LogP contribution is 2.14. The first kappa shape index (κ1) is 15.0. The Bertz CT molecular complexity index is 643. The maximum Gasteiger partial charge on any atom is 0.255 e. The average Bonchev–Trinajstić information content (AvgIpc) is 2.48. The van der Waals surface area contributed by atoms with Gasteiger partial charge >= 0.3 is 0 Å². The molecule has 2 N–H and O–H groups in total. The molecule has 110 valence electrons. The van der Waals surface area contributed by atoms with E-state index in [1.165, 1.54) is 6.07 Å². The minimum atomic E-state index is -0.530. The van der Waals surface area contributed by atoms with E-state index in [-0.39, 0.29) is 11.5 Å². The summed E-state index contributed by atoms with van der Waals surface area (Å²) in [4.78, 5) is 16.1. The molecule has 0 radical (unpaired) electrons. The van der Waals surface area contributed by atoms with Gasteiger partial charge in [-0.05, 0) is 31.0 Å². The molecule has 5 heteroatoms. The first-order valence-corrected chi connectivity index (χ1v) is 6.84. The summed E-state index contributed by atoms with van der Waals surface area (Å²) in [5, 5.41) is 5.75. The van der Waals surface area contributed by atoms with Gasteiger partial charge in [0.15, 0.2) is 0 Å². The number of hydrogen-bond acceptors (Lipinski definition) is 3. The van der Waals surface area contributed by atoms with Gasteiger partial charge < -0.3 is 10.6 Å². The Hall–Kier alpha value is -2.43. The molecule has 0 saturated heterocycles. The third-order valence-electron chi connectivity index (χ3n) is 3.14. The van der Waals surface area contributed by atoms with E-state index >= 15 is 0 Å². The number of nitrogens with one attached hydrogen (secondary N) is 2. The summed E-state index contributed by atoms with van der Waals surface area (Å²) in [5.74, 6) is -0.486. The molecule has 0 bridgehead atoms. The van der Waals surface area contributed by atoms with Crippen molar-refractivity contribution in [2.24, 2.45) is 0 Å². The number of rotatable bonds is 5. The fourth-order valence-electron chi connectivity index (χ4n) is 2.00. The minimum Gasteiger partial charge on any atom is -0.370 e. The molecule has 1 aromatic carbocycles. The number of pyridine rings is 1. The predicted octanol–water partition coefficient (Wildman–Crippen LogP) is 2.89. The van der Waals surface area contributed by atoms with Crippen molar-refractivity contribution in [1.29, 1.82) is 0 Å². The maximum atomic E-state index is 13.3. The second-order valence-corrected chi connectivity index (χ2v) is 4.69. The molecule has 0 aliphatic heterocycles. The van der Waals surface area contributed by atoms with Crippen molar-refractivity contribution in [3.05, 3.63) is 59.0 Å². The van der Waals surface area contributed by atoms with Crippen LogP contribution in [0.2, 0.25) is 0 Å². The van der Waals surface area contributed by atoms with Gasteiger partial charge in [0.1, 0.15) is 11.6 Å². The van der Waals surface area contributed by atoms with Gasteiger partial charge in [0.2, 0.25) is 0 Å². The second-order valence-electron chi connectivity index (χ2n) is 4.69. The number of amides is 1. The van der Waals surface area contributed by atoms with Gasteiger partial charge in [-0.15, -0.1) is 0 Å². The van der Waals surface area contributed by atoms with Crippen LogP contribution in [0.3, 0.4) is 0 Å². The molecule has 0 spiro atoms. The van der Waals surface area contributed by atoms with Crippen molar-refractivity contribution in [2.75, 3.05) is 11.9 Å². The van der Waals surface area contributed by atoms with Crippen molar-refractivity contribution in [1.82, 2.24) is 10.3 Å². The van der Waals surface area contributed by atoms with Gasteiger partial charge in [-0.3, -0.25) is 4.79 Å². The van der Waals surface area contributed by atoms with Crippen LogP contribution in [-0.2, 0) is 6.54 Å². The third-order valence-corrected chi connectivity index (χ3v) is 3.14. The highest BCUT2D eigenvalue weighted by atomic mass is 19.1. The van der Waals surface area contributed by atoms with E-state index in [0.29, 0.717) is 18.9 Å². The molecule has 1 heterocycles. The highest BCUT2D eigenvalue weighted by Gasteiger charge is 2.13. The Kier molecular flexibility index (Phi) is 4.87. The van der Waals surface area contributed by atoms with Gasteiger partial charge in [-0.25, -0.2) is 9.37 Å². The molecule has 0 fully saturated rings. The summed E-state index contributed by atoms with van der Waals surface area (Å²) >= 11 is 0. The largest absolute Gasteiger partial charge is 0.370 e. The number of carbonyl (C=O) groups is 1. The van der Waals surface area contributed by atoms with Crippen LogP contribution in [0.25, 0.3) is 0 Å². The van der Waals surface area contributed by atoms with Gasteiger partial charge in [-0.1, -0.05) is 24.3 Å². The van der Waals surface area contributed by atoms with E-state index in [1.807, 2.05) is 38.1 Å². The van der Waals surface area contributed by atoms with E-state index in [4.69, 9.17) is 0 Å². The van der Waals surface area contributed by atoms with Gasteiger partial charge in [0, 0.05) is 13.1 Å². The fraction of sp³-hybridized carbons (Fsp3) is 0.250. The summed E-state index contributed by atoms with van der Waals surface area (Å²) in [6.07, 6.45) is 1.09. The molecule has 4 nitrogen and oxygen atoms in total. The number of aryl methyl sites for hydroxylation is 1. The molecular formula is C16H18FN3O. The van der Waals surface area contributed by atoms with Crippen LogP contribution in [0.15, 0.2) is 36.5 Å². The lowest BCUT2D eigenvalue weighted by Crippen LogP contribution is -2.25. The zero-order valence-corrected chi connectivity index (χ0v) is 12.1. The summed E-state index contributed by atoms with van der Waals surface area (Å²) in [6, 6.07) is 8.99. The van der Waals surface area contributed by atoms with Crippen molar-refractivity contribution in [3.8, 4) is 0 Å². The summed E-state index contributed by atoms with van der Waals surface area (Å²) in [6.45, 7) is 4.87. The molecular weight excluding hydrogens is 269 g/mol. The Morgan fingerprint density at radius 2 is 2.10 bits per heavy atom. The lowest BCUT2D eigenvalue weighted by Gasteiger charge is -2.11. The molecule has 0 saturated carbocycles. The van der Waals surface area contributed by atoms with Crippen LogP contribution in [0.5, 0.6) is 0 Å². The van der Waals surface area contributed by atoms with Crippen LogP contribution in [0, 0.1) is 12.7 Å². The van der Waals surface area contributed by atoms with E-state index in [9.17, 15) is 9.18 Å². The third kappa shape index (κ3) is 3.78. The standard InChI is InChI=1S/C16H18FN3O/c1-3-18-15-14(8-13(17)10-19-15)16(21)20-9-12-7-5-4-6-11(12)2/h4-8,10H,3,9H2,1-2H3,(H,18,19)(H,20,21). The first-order valence-electron chi connectivity index (χ1n) is 6.84. The van der Waals surface area contributed by atoms with Gasteiger partial charge in [-0.2, -0.15) is 0 Å². The number of aromatic nitrogens is 1. The Balaban J connectivity index is 2.13. The zero-order valence-electron chi connectivity index (χ0n) is 12.1. The van der Waals surface area contributed by atoms with Gasteiger partial charge in [0.05, 0.1) is 11.8 Å². The topological polar surface area (TPSA) is 54.0 Å². The smallest absolute Gasteiger partial charge is 0.255 e. The van der Waals surface area contributed by atoms with E-state index in [2.05, 4.69) is 15.6 Å². The van der Waals surface area contributed by atoms with Gasteiger partial charge in [0.25, 0.3) is 5.91 Å². The molecule has 0 aliphatic carbocycles. The summed E-state index contributed by atoms with van der Waals surface area (Å²) in [7, 11) is 0. The number of hydrogen-bond donors (Lipinski definition) is 2. The Morgan fingerprint density at radius 1 is 1.33 bits per heavy atom. The molecule has 21 heavy (non-hydrogen) atoms. The van der Waals surface area contributed by atoms with Crippen LogP contribution < -0.4 is 10.6 Å². The molecule has 1 aromatic heterocycles. The number of halogens is 1. The molecule has 0 atom stereocenters. The minimum absolute atomic E-state index is 0.213. The normalized spacial score (nSPS) is 10.2. The SMILES string of the molecule is CCNc1ncc(F)cc1C(=O)NCc1ccccc1C. The zero-order chi connectivity index (χ0) is 15.2. The predicted molar refractivity (Wildman–Crippen MR) is 80.7 cm³/mol. The number of anilines is 1. The average molecular weight is 287 g/mol. The Morgan fingerprint density at radius 3 is 2.81 bits per heavy atom. The van der Waals surface area contributed by atoms with Crippen LogP contribution in [0.4, 0.5) is 10.2 Å². The lowest BCUT2D eigenvalue weighted by atomic mass is 10.1. The van der Waals surface area contributed by atoms with E-state index in [0.717, 1.165) is 17.3 Å². The summed E-state index contributed by atoms with van der Waals surface area (Å²) < 4.78 is 13.3. The van der Waals surface area contributed by atoms with Crippen molar-refractivity contribution >= 4 is 11.7 Å².